The Morgan fingerprint density at radius 3 is 1.38 bits per heavy atom. The number of carbonyl (C=O) groups excluding carboxylic acids is 14. The molecule has 36 nitrogen and oxygen atoms in total. The maximum absolute atomic E-state index is 14.9. The van der Waals surface area contributed by atoms with Gasteiger partial charge in [0.05, 0.1) is 31.9 Å². The zero-order valence-corrected chi connectivity index (χ0v) is 63.2. The summed E-state index contributed by atoms with van der Waals surface area (Å²) >= 11 is 8.09. The highest BCUT2D eigenvalue weighted by atomic mass is 32.1. The molecule has 598 valence electrons. The lowest BCUT2D eigenvalue weighted by molar-refractivity contribution is -0.142. The lowest BCUT2D eigenvalue weighted by atomic mass is 9.98. The number of nitrogens with one attached hydrogen (secondary N) is 12. The van der Waals surface area contributed by atoms with E-state index >= 15 is 0 Å². The molecule has 3 rings (SSSR count). The molecule has 0 unspecified atom stereocenters. The molecule has 108 heavy (non-hydrogen) atoms. The van der Waals surface area contributed by atoms with Gasteiger partial charge in [0.1, 0.15) is 66.5 Å². The van der Waals surface area contributed by atoms with Crippen molar-refractivity contribution in [3.63, 3.8) is 0 Å². The van der Waals surface area contributed by atoms with E-state index in [1.165, 1.54) is 0 Å². The zero-order valence-electron chi connectivity index (χ0n) is 61.4. The number of aromatic nitrogens is 1. The number of nitrogens with two attached hydrogens (primary N) is 3. The van der Waals surface area contributed by atoms with Crippen molar-refractivity contribution in [2.45, 2.75) is 191 Å². The van der Waals surface area contributed by atoms with Crippen LogP contribution in [-0.4, -0.2) is 236 Å². The third-order valence-electron chi connectivity index (χ3n) is 16.7. The van der Waals surface area contributed by atoms with Gasteiger partial charge in [-0.15, -0.1) is 0 Å². The van der Waals surface area contributed by atoms with Gasteiger partial charge < -0.3 is 106 Å². The highest BCUT2D eigenvalue weighted by Gasteiger charge is 2.38. The minimum absolute atomic E-state index is 0.0289. The number of amides is 14. The van der Waals surface area contributed by atoms with Crippen LogP contribution in [0.4, 0.5) is 0 Å². The number of carbonyl (C=O) groups is 16. The average Bonchev–Trinajstić information content (AvgIpc) is 1.63. The summed E-state index contributed by atoms with van der Waals surface area (Å²) in [6, 6.07) is -2.34. The third kappa shape index (κ3) is 33.1. The number of unbranched alkanes of at least 4 members (excludes halogenated alkanes) is 1. The maximum Gasteiger partial charge on any atom is 0.305 e. The Kier molecular flexibility index (Phi) is 40.8. The van der Waals surface area contributed by atoms with Crippen molar-refractivity contribution in [2.75, 3.05) is 44.4 Å². The van der Waals surface area contributed by atoms with E-state index in [1.54, 1.807) is 102 Å². The van der Waals surface area contributed by atoms with Gasteiger partial charge >= 0.3 is 11.9 Å². The van der Waals surface area contributed by atoms with Gasteiger partial charge in [-0.3, -0.25) is 76.7 Å². The first-order valence-corrected chi connectivity index (χ1v) is 36.7. The molecule has 0 saturated carbocycles. The predicted molar refractivity (Wildman–Crippen MR) is 400 cm³/mol. The van der Waals surface area contributed by atoms with Crippen LogP contribution in [0.25, 0.3) is 10.9 Å². The fourth-order valence-electron chi connectivity index (χ4n) is 11.2. The molecule has 0 aliphatic carbocycles. The Hall–Kier alpha value is -9.92. The van der Waals surface area contributed by atoms with Crippen LogP contribution in [0.5, 0.6) is 0 Å². The predicted octanol–water partition coefficient (Wildman–Crippen LogP) is -3.68. The lowest BCUT2D eigenvalue weighted by Crippen LogP contribution is -2.61. The van der Waals surface area contributed by atoms with Crippen LogP contribution >= 0.6 is 25.3 Å². The van der Waals surface area contributed by atoms with E-state index in [0.717, 1.165) is 4.90 Å². The molecule has 2 aromatic carbocycles. The van der Waals surface area contributed by atoms with E-state index < -0.39 is 206 Å². The summed E-state index contributed by atoms with van der Waals surface area (Å²) in [6.45, 7) is 7.46. The van der Waals surface area contributed by atoms with E-state index in [1.807, 2.05) is 0 Å². The molecule has 11 atom stereocenters. The minimum Gasteiger partial charge on any atom is -0.481 e. The second-order valence-corrected chi connectivity index (χ2v) is 27.9. The van der Waals surface area contributed by atoms with E-state index in [4.69, 9.17) is 17.2 Å². The summed E-state index contributed by atoms with van der Waals surface area (Å²) < 4.78 is 0. The normalized spacial score (nSPS) is 14.3. The van der Waals surface area contributed by atoms with Gasteiger partial charge in [-0.2, -0.15) is 25.3 Å². The number of carboxylic acid groups (broad SMARTS) is 2. The average molecular weight is 1560 g/mol. The van der Waals surface area contributed by atoms with Crippen LogP contribution in [0.1, 0.15) is 123 Å². The van der Waals surface area contributed by atoms with Crippen molar-refractivity contribution in [2.24, 2.45) is 35.0 Å². The van der Waals surface area contributed by atoms with Crippen LogP contribution in [0.3, 0.4) is 0 Å². The SMILES string of the molecule is CC(C)C[C@H](NC(=O)[C@H](CC(C)C)NC(=O)[C@H](CCCCN)NC(=O)[C@H](Cc1c[nH]c2ccccc12)NC(=O)[C@H](CC(C)C)NC(=O)[C@H](CC(=O)O)NC(=O)[C@H](CO)NC(=O)[C@H](Cc1ccccc1)NC(=O)CN(CCS)C(=O)[C@H](CCC(=O)O)NC(=O)[C@H](CCC(N)=O)NC(=O)CS)C(=O)N[C@@H](CO)C(N)=O. The number of rotatable bonds is 51. The number of thiol groups is 2. The Labute approximate surface area is 636 Å². The molecule has 0 radical (unpaired) electrons. The second-order valence-electron chi connectivity index (χ2n) is 27.2. The standard InChI is InChI=1S/C70H106N16O20S2/c1-37(2)26-47(63(99)80-49(28-39(5)6)65(101)84-53(34-87)60(73)96)79-61(97)44(18-12-13-23-71)77-67(103)51(30-41-32-74-43-17-11-10-16-42(41)43)82-64(100)48(27-38(3)4)81-68(104)52(31-59(94)95)83-69(105)54(35-88)85-66(102)50(29-40-14-8-7-9-15-40)76-56(90)33-86(24-25-107)70(106)46(20-22-58(92)93)78-62(98)45(19-21-55(72)89)75-57(91)36-108/h7-11,14-17,32,37-39,44-54,74,87-88,107-108H,12-13,18-31,33-36,71H2,1-6H3,(H2,72,89)(H2,73,96)(H,75,91)(H,76,90)(H,77,103)(H,78,98)(H,79,97)(H,80,99)(H,81,104)(H,82,100)(H,83,105)(H,84,101)(H,85,102)(H,92,93)(H,94,95)/t44-,45-,46-,47-,48-,49-,50-,51-,52-,53-,54-/m0/s1. The van der Waals surface area contributed by atoms with Crippen molar-refractivity contribution in [3.8, 4) is 0 Å². The maximum atomic E-state index is 14.9. The number of aliphatic hydroxyl groups is 2. The highest BCUT2D eigenvalue weighted by molar-refractivity contribution is 7.81. The number of aliphatic hydroxyl groups excluding tert-OH is 2. The number of hydrogen-bond donors (Lipinski definition) is 21. The molecule has 1 aromatic heterocycles. The first-order valence-electron chi connectivity index (χ1n) is 35.4. The fraction of sp³-hybridized carbons (Fsp3) is 0.571. The molecule has 0 aliphatic heterocycles. The number of aliphatic carboxylic acids is 2. The van der Waals surface area contributed by atoms with Crippen LogP contribution in [-0.2, 0) is 89.6 Å². The van der Waals surface area contributed by atoms with Gasteiger partial charge in [-0.05, 0) is 92.9 Å². The molecule has 0 fully saturated rings. The van der Waals surface area contributed by atoms with Gasteiger partial charge in [0.15, 0.2) is 0 Å². The number of carboxylic acids is 2. The summed E-state index contributed by atoms with van der Waals surface area (Å²) in [6.07, 6.45) is -1.49. The van der Waals surface area contributed by atoms with Gasteiger partial charge in [-0.1, -0.05) is 90.1 Å². The van der Waals surface area contributed by atoms with Gasteiger partial charge in [-0.25, -0.2) is 0 Å². The lowest BCUT2D eigenvalue weighted by Gasteiger charge is -2.29. The van der Waals surface area contributed by atoms with Crippen molar-refractivity contribution < 1.29 is 97.1 Å². The number of benzene rings is 2. The summed E-state index contributed by atoms with van der Waals surface area (Å²) in [5.74, 6) is -18.1. The van der Waals surface area contributed by atoms with Gasteiger partial charge in [0, 0.05) is 55.1 Å². The van der Waals surface area contributed by atoms with E-state index in [9.17, 15) is 97.1 Å². The molecule has 14 amide bonds. The number of hydrogen-bond acceptors (Lipinski definition) is 21. The molecule has 0 aliphatic rings. The summed E-state index contributed by atoms with van der Waals surface area (Å²) in [4.78, 5) is 221. The monoisotopic (exact) mass is 1550 g/mol. The topological polar surface area (TPSA) is 583 Å². The molecule has 3 aromatic rings. The van der Waals surface area contributed by atoms with Gasteiger partial charge in [0.2, 0.25) is 82.7 Å². The van der Waals surface area contributed by atoms with Crippen LogP contribution in [0, 0.1) is 17.8 Å². The summed E-state index contributed by atoms with van der Waals surface area (Å²) in [5.41, 5.74) is 18.1. The number of para-hydroxylation sites is 1. The third-order valence-corrected chi connectivity index (χ3v) is 17.2. The molecule has 0 bridgehead atoms. The number of fused-ring (bicyclic) bond motifs is 1. The van der Waals surface area contributed by atoms with E-state index in [0.29, 0.717) is 28.5 Å². The fourth-order valence-corrected chi connectivity index (χ4v) is 11.6. The van der Waals surface area contributed by atoms with Crippen LogP contribution < -0.4 is 75.7 Å². The largest absolute Gasteiger partial charge is 0.481 e. The first kappa shape index (κ1) is 92.3. The van der Waals surface area contributed by atoms with E-state index in [2.05, 4.69) is 88.7 Å². The first-order chi connectivity index (χ1) is 51.0. The molecular weight excluding hydrogens is 1450 g/mol. The Bertz CT molecular complexity index is 3570. The smallest absolute Gasteiger partial charge is 0.305 e. The van der Waals surface area contributed by atoms with Crippen molar-refractivity contribution >= 4 is 131 Å². The highest BCUT2D eigenvalue weighted by Crippen LogP contribution is 2.21. The minimum atomic E-state index is -2.05. The molecule has 38 heteroatoms. The second kappa shape index (κ2) is 47.7. The van der Waals surface area contributed by atoms with Crippen LogP contribution in [0.15, 0.2) is 60.8 Å². The number of aromatic amines is 1. The number of primary amides is 2. The number of nitrogens with zero attached hydrogens (tertiary/aromatic N) is 1. The van der Waals surface area contributed by atoms with Crippen molar-refractivity contribution in [1.82, 2.24) is 68.4 Å². The van der Waals surface area contributed by atoms with Crippen molar-refractivity contribution in [3.05, 3.63) is 71.9 Å². The Morgan fingerprint density at radius 1 is 0.463 bits per heavy atom. The molecule has 22 N–H and O–H groups in total. The molecule has 0 spiro atoms. The van der Waals surface area contributed by atoms with Gasteiger partial charge in [0.25, 0.3) is 0 Å². The van der Waals surface area contributed by atoms with Crippen molar-refractivity contribution in [1.29, 1.82) is 0 Å². The number of H-pyrrole nitrogens is 1. The summed E-state index contributed by atoms with van der Waals surface area (Å²) in [7, 11) is 0. The Morgan fingerprint density at radius 2 is 0.889 bits per heavy atom. The summed E-state index contributed by atoms with van der Waals surface area (Å²) in [5, 5.41) is 68.0. The molecule has 1 heterocycles. The molecular formula is C70H106N16O20S2. The quantitative estimate of drug-likeness (QED) is 0.0191. The van der Waals surface area contributed by atoms with E-state index in [-0.39, 0.29) is 94.2 Å². The van der Waals surface area contributed by atoms with Crippen LogP contribution in [0.2, 0.25) is 0 Å². The molecule has 0 saturated heterocycles. The Balaban J connectivity index is 1.99. The zero-order chi connectivity index (χ0) is 80.9.